The lowest BCUT2D eigenvalue weighted by Crippen LogP contribution is -2.51. The van der Waals surface area contributed by atoms with Gasteiger partial charge in [0.05, 0.1) is 19.6 Å². The molecule has 28 heavy (non-hydrogen) atoms. The number of nitrogens with one attached hydrogen (secondary N) is 1. The normalized spacial score (nSPS) is 11.8. The summed E-state index contributed by atoms with van der Waals surface area (Å²) in [4.78, 5) is 36.7. The minimum atomic E-state index is -1.75. The highest BCUT2D eigenvalue weighted by Crippen LogP contribution is 2.13. The molecule has 9 heteroatoms. The number of methoxy groups -OCH3 is 1. The van der Waals surface area contributed by atoms with Crippen LogP contribution in [0.25, 0.3) is 0 Å². The third-order valence-corrected chi connectivity index (χ3v) is 4.24. The Hall–Kier alpha value is -2.65. The van der Waals surface area contributed by atoms with Gasteiger partial charge >= 0.3 is 13.1 Å². The zero-order valence-electron chi connectivity index (χ0n) is 16.6. The van der Waals surface area contributed by atoms with Gasteiger partial charge in [0.25, 0.3) is 0 Å². The molecule has 1 rings (SSSR count). The molecule has 0 saturated carbocycles. The third-order valence-electron chi connectivity index (χ3n) is 4.24. The van der Waals surface area contributed by atoms with Gasteiger partial charge in [0.1, 0.15) is 0 Å². The van der Waals surface area contributed by atoms with Crippen LogP contribution in [0.15, 0.2) is 30.4 Å². The molecule has 1 atom stereocenters. The lowest BCUT2D eigenvalue weighted by atomic mass is 9.75. The number of hydrogen-bond donors (Lipinski definition) is 3. The Labute approximate surface area is 165 Å². The smallest absolute Gasteiger partial charge is 0.466 e. The van der Waals surface area contributed by atoms with Gasteiger partial charge in [-0.15, -0.1) is 0 Å². The summed E-state index contributed by atoms with van der Waals surface area (Å²) in [7, 11) is -0.562. The number of likely N-dealkylation sites (N-methyl/N-ethyl adjacent to an activating group) is 1. The third kappa shape index (κ3) is 7.54. The van der Waals surface area contributed by atoms with Crippen LogP contribution in [0.2, 0.25) is 0 Å². The lowest BCUT2D eigenvalue weighted by molar-refractivity contribution is -0.135. The molecule has 0 fully saturated rings. The second kappa shape index (κ2) is 11.3. The second-order valence-electron chi connectivity index (χ2n) is 6.43. The largest absolute Gasteiger partial charge is 0.475 e. The molecule has 1 aromatic carbocycles. The van der Waals surface area contributed by atoms with Crippen molar-refractivity contribution in [3.63, 3.8) is 0 Å². The predicted octanol–water partition coefficient (Wildman–Crippen LogP) is -0.0796. The highest BCUT2D eigenvalue weighted by atomic mass is 16.5. The van der Waals surface area contributed by atoms with E-state index in [0.717, 1.165) is 28.8 Å². The van der Waals surface area contributed by atoms with E-state index in [1.165, 1.54) is 12.0 Å². The number of hydrogen-bond acceptors (Lipinski definition) is 6. The molecule has 8 nitrogen and oxygen atoms in total. The fourth-order valence-corrected chi connectivity index (χ4v) is 2.63. The molecule has 0 unspecified atom stereocenters. The molecule has 2 amide bonds. The first-order valence-electron chi connectivity index (χ1n) is 8.94. The molecular weight excluding hydrogens is 363 g/mol. The van der Waals surface area contributed by atoms with E-state index >= 15 is 0 Å². The summed E-state index contributed by atoms with van der Waals surface area (Å²) in [6, 6.07) is 5.77. The number of nitrogens with zero attached hydrogens (tertiary/aromatic N) is 1. The number of rotatable bonds is 9. The average Bonchev–Trinajstić information content (AvgIpc) is 2.64. The van der Waals surface area contributed by atoms with Crippen LogP contribution in [0.5, 0.6) is 0 Å². The molecule has 3 N–H and O–H groups in total. The molecule has 0 aliphatic rings. The molecule has 0 aliphatic heterocycles. The SMILES string of the molecule is CCN(CC(=O)N[C@@H](Cc1ccc(C)cc1C)B(O)O)C(=O)C=CC(=O)OC. The van der Waals surface area contributed by atoms with Crippen molar-refractivity contribution < 1.29 is 29.2 Å². The van der Waals surface area contributed by atoms with Crippen LogP contribution in [0.1, 0.15) is 23.6 Å². The quantitative estimate of drug-likeness (QED) is 0.309. The van der Waals surface area contributed by atoms with Gasteiger partial charge in [0, 0.05) is 18.7 Å². The van der Waals surface area contributed by atoms with Crippen molar-refractivity contribution in [2.45, 2.75) is 33.1 Å². The first kappa shape index (κ1) is 23.4. The molecule has 0 spiro atoms. The van der Waals surface area contributed by atoms with Crippen LogP contribution in [0, 0.1) is 13.8 Å². The van der Waals surface area contributed by atoms with Gasteiger partial charge in [0.2, 0.25) is 11.8 Å². The average molecular weight is 390 g/mol. The monoisotopic (exact) mass is 390 g/mol. The molecule has 0 bridgehead atoms. The maximum absolute atomic E-state index is 12.3. The molecule has 0 aromatic heterocycles. The molecule has 1 aromatic rings. The topological polar surface area (TPSA) is 116 Å². The standard InChI is InChI=1S/C19H27BN2O6/c1-5-22(18(24)8-9-19(25)28-4)12-17(23)21-16(20(26)27)11-15-7-6-13(2)10-14(15)3/h6-10,16,26-27H,5,11-12H2,1-4H3,(H,21,23)/t16-/m0/s1. The summed E-state index contributed by atoms with van der Waals surface area (Å²) in [6.45, 7) is 5.52. The number of benzene rings is 1. The molecule has 152 valence electrons. The lowest BCUT2D eigenvalue weighted by Gasteiger charge is -2.23. The van der Waals surface area contributed by atoms with Crippen molar-refractivity contribution in [3.8, 4) is 0 Å². The van der Waals surface area contributed by atoms with Gasteiger partial charge in [-0.1, -0.05) is 23.8 Å². The van der Waals surface area contributed by atoms with E-state index in [0.29, 0.717) is 0 Å². The van der Waals surface area contributed by atoms with Crippen molar-refractivity contribution in [2.75, 3.05) is 20.2 Å². The van der Waals surface area contributed by atoms with E-state index in [1.54, 1.807) is 6.92 Å². The van der Waals surface area contributed by atoms with Gasteiger partial charge in [-0.2, -0.15) is 0 Å². The fourth-order valence-electron chi connectivity index (χ4n) is 2.63. The van der Waals surface area contributed by atoms with Crippen LogP contribution in [0.4, 0.5) is 0 Å². The van der Waals surface area contributed by atoms with Gasteiger partial charge in [-0.05, 0) is 38.3 Å². The minimum Gasteiger partial charge on any atom is -0.466 e. The predicted molar refractivity (Wildman–Crippen MR) is 105 cm³/mol. The summed E-state index contributed by atoms with van der Waals surface area (Å²) >= 11 is 0. The van der Waals surface area contributed by atoms with Gasteiger partial charge < -0.3 is 25.0 Å². The van der Waals surface area contributed by atoms with Crippen molar-refractivity contribution in [3.05, 3.63) is 47.0 Å². The molecular formula is C19H27BN2O6. The Kier molecular flexibility index (Phi) is 9.40. The summed E-state index contributed by atoms with van der Waals surface area (Å²) < 4.78 is 4.42. The van der Waals surface area contributed by atoms with Gasteiger partial charge in [-0.3, -0.25) is 9.59 Å². The van der Waals surface area contributed by atoms with E-state index in [1.807, 2.05) is 32.0 Å². The maximum atomic E-state index is 12.3. The number of carbonyl (C=O) groups is 3. The van der Waals surface area contributed by atoms with Crippen LogP contribution in [-0.2, 0) is 25.5 Å². The number of aryl methyl sites for hydroxylation is 2. The Morgan fingerprint density at radius 2 is 1.93 bits per heavy atom. The Balaban J connectivity index is 2.76. The van der Waals surface area contributed by atoms with E-state index in [2.05, 4.69) is 10.1 Å². The van der Waals surface area contributed by atoms with Gasteiger partial charge in [0.15, 0.2) is 0 Å². The van der Waals surface area contributed by atoms with Crippen LogP contribution in [0.3, 0.4) is 0 Å². The van der Waals surface area contributed by atoms with E-state index < -0.39 is 30.8 Å². The van der Waals surface area contributed by atoms with Crippen LogP contribution >= 0.6 is 0 Å². The molecule has 0 saturated heterocycles. The summed E-state index contributed by atoms with van der Waals surface area (Å²) in [6.07, 6.45) is 2.23. The number of esters is 1. The van der Waals surface area contributed by atoms with E-state index in [4.69, 9.17) is 0 Å². The van der Waals surface area contributed by atoms with Gasteiger partial charge in [-0.25, -0.2) is 4.79 Å². The Morgan fingerprint density at radius 1 is 1.25 bits per heavy atom. The summed E-state index contributed by atoms with van der Waals surface area (Å²) in [5.41, 5.74) is 2.95. The second-order valence-corrected chi connectivity index (χ2v) is 6.43. The maximum Gasteiger partial charge on any atom is 0.475 e. The first-order chi connectivity index (χ1) is 13.2. The zero-order valence-corrected chi connectivity index (χ0v) is 16.6. The number of carbonyl (C=O) groups excluding carboxylic acids is 3. The van der Waals surface area contributed by atoms with Crippen molar-refractivity contribution in [1.82, 2.24) is 10.2 Å². The fraction of sp³-hybridized carbons (Fsp3) is 0.421. The van der Waals surface area contributed by atoms with Crippen molar-refractivity contribution in [1.29, 1.82) is 0 Å². The molecule has 0 aliphatic carbocycles. The Morgan fingerprint density at radius 3 is 2.46 bits per heavy atom. The Bertz CT molecular complexity index is 735. The number of ether oxygens (including phenoxy) is 1. The van der Waals surface area contributed by atoms with E-state index in [9.17, 15) is 24.4 Å². The molecule has 0 heterocycles. The van der Waals surface area contributed by atoms with Crippen molar-refractivity contribution in [2.24, 2.45) is 0 Å². The van der Waals surface area contributed by atoms with Crippen LogP contribution < -0.4 is 5.32 Å². The van der Waals surface area contributed by atoms with E-state index in [-0.39, 0.29) is 19.5 Å². The number of amides is 2. The summed E-state index contributed by atoms with van der Waals surface area (Å²) in [5, 5.41) is 21.8. The van der Waals surface area contributed by atoms with Crippen molar-refractivity contribution >= 4 is 24.9 Å². The minimum absolute atomic E-state index is 0.234. The highest BCUT2D eigenvalue weighted by molar-refractivity contribution is 6.43. The van der Waals surface area contributed by atoms with Crippen LogP contribution in [-0.4, -0.2) is 66.0 Å². The highest BCUT2D eigenvalue weighted by Gasteiger charge is 2.27. The zero-order chi connectivity index (χ0) is 21.3. The summed E-state index contributed by atoms with van der Waals surface area (Å²) in [5.74, 6) is -2.66. The first-order valence-corrected chi connectivity index (χ1v) is 8.94. The molecule has 0 radical (unpaired) electrons.